The summed E-state index contributed by atoms with van der Waals surface area (Å²) in [4.78, 5) is 25.2. The molecule has 0 radical (unpaired) electrons. The lowest BCUT2D eigenvalue weighted by Gasteiger charge is -2.27. The number of hydrogen-bond acceptors (Lipinski definition) is 2. The van der Waals surface area contributed by atoms with Crippen LogP contribution in [-0.4, -0.2) is 34.5 Å². The van der Waals surface area contributed by atoms with Gasteiger partial charge in [-0.05, 0) is 30.5 Å². The quantitative estimate of drug-likeness (QED) is 0.933. The number of carboxylic acid groups (broad SMARTS) is 1. The zero-order chi connectivity index (χ0) is 14.5. The largest absolute Gasteiger partial charge is 0.480 e. The summed E-state index contributed by atoms with van der Waals surface area (Å²) in [6.45, 7) is 0.524. The van der Waals surface area contributed by atoms with Crippen molar-refractivity contribution in [2.45, 2.75) is 38.1 Å². The molecule has 5 heteroatoms. The Balaban J connectivity index is 2.10. The number of carbonyl (C=O) groups excluding carboxylic acids is 1. The number of amides is 1. The van der Waals surface area contributed by atoms with Crippen LogP contribution in [0.1, 0.15) is 31.2 Å². The van der Waals surface area contributed by atoms with Gasteiger partial charge in [-0.25, -0.2) is 4.79 Å². The smallest absolute Gasteiger partial charge is 0.326 e. The third-order valence-electron chi connectivity index (χ3n) is 3.60. The first-order valence-corrected chi connectivity index (χ1v) is 7.22. The van der Waals surface area contributed by atoms with E-state index in [9.17, 15) is 14.7 Å². The van der Waals surface area contributed by atoms with E-state index in [1.807, 2.05) is 6.07 Å². The first-order valence-electron chi connectivity index (χ1n) is 6.84. The molecule has 108 valence electrons. The van der Waals surface area contributed by atoms with Gasteiger partial charge < -0.3 is 10.0 Å². The van der Waals surface area contributed by atoms with Crippen molar-refractivity contribution in [1.82, 2.24) is 4.90 Å². The molecule has 1 aliphatic heterocycles. The average Bonchev–Trinajstić information content (AvgIpc) is 2.64. The number of carboxylic acids is 1. The van der Waals surface area contributed by atoms with Crippen LogP contribution < -0.4 is 0 Å². The molecule has 0 bridgehead atoms. The number of likely N-dealkylation sites (tertiary alicyclic amines) is 1. The van der Waals surface area contributed by atoms with Gasteiger partial charge in [0.2, 0.25) is 5.91 Å². The van der Waals surface area contributed by atoms with E-state index in [1.54, 1.807) is 18.2 Å². The van der Waals surface area contributed by atoms with E-state index < -0.39 is 12.0 Å². The lowest BCUT2D eigenvalue weighted by molar-refractivity contribution is -0.150. The maximum atomic E-state index is 12.4. The summed E-state index contributed by atoms with van der Waals surface area (Å²) in [5, 5.41) is 9.86. The van der Waals surface area contributed by atoms with Crippen LogP contribution in [0.3, 0.4) is 0 Å². The van der Waals surface area contributed by atoms with Crippen LogP contribution in [0.4, 0.5) is 0 Å². The number of carbonyl (C=O) groups is 2. The number of benzene rings is 1. The van der Waals surface area contributed by atoms with E-state index in [0.717, 1.165) is 24.8 Å². The first kappa shape index (κ1) is 14.9. The van der Waals surface area contributed by atoms with Gasteiger partial charge in [0, 0.05) is 11.6 Å². The van der Waals surface area contributed by atoms with Crippen LogP contribution in [0.25, 0.3) is 0 Å². The predicted octanol–water partition coefficient (Wildman–Crippen LogP) is 2.74. The summed E-state index contributed by atoms with van der Waals surface area (Å²) < 4.78 is 0. The second-order valence-electron chi connectivity index (χ2n) is 5.10. The molecule has 1 atom stereocenters. The SMILES string of the molecule is O=C(O)C1CCCCCN1C(=O)Cc1cccc(Cl)c1. The van der Waals surface area contributed by atoms with Crippen molar-refractivity contribution in [2.75, 3.05) is 6.54 Å². The van der Waals surface area contributed by atoms with E-state index in [2.05, 4.69) is 0 Å². The maximum absolute atomic E-state index is 12.4. The third kappa shape index (κ3) is 3.73. The molecular weight excluding hydrogens is 278 g/mol. The molecule has 1 aliphatic rings. The van der Waals surface area contributed by atoms with E-state index >= 15 is 0 Å². The highest BCUT2D eigenvalue weighted by molar-refractivity contribution is 6.30. The van der Waals surface area contributed by atoms with Crippen molar-refractivity contribution >= 4 is 23.5 Å². The van der Waals surface area contributed by atoms with Crippen LogP contribution in [-0.2, 0) is 16.0 Å². The van der Waals surface area contributed by atoms with Gasteiger partial charge in [0.05, 0.1) is 6.42 Å². The minimum atomic E-state index is -0.911. The Bertz CT molecular complexity index is 504. The number of hydrogen-bond donors (Lipinski definition) is 1. The summed E-state index contributed by atoms with van der Waals surface area (Å²) in [5.74, 6) is -1.05. The van der Waals surface area contributed by atoms with Crippen molar-refractivity contribution in [1.29, 1.82) is 0 Å². The highest BCUT2D eigenvalue weighted by Gasteiger charge is 2.30. The van der Waals surface area contributed by atoms with Crippen molar-refractivity contribution < 1.29 is 14.7 Å². The topological polar surface area (TPSA) is 57.6 Å². The lowest BCUT2D eigenvalue weighted by atomic mass is 10.1. The second kappa shape index (κ2) is 6.75. The number of rotatable bonds is 3. The minimum absolute atomic E-state index is 0.137. The summed E-state index contributed by atoms with van der Waals surface area (Å²) in [6, 6.07) is 6.43. The average molecular weight is 296 g/mol. The molecule has 0 spiro atoms. The standard InChI is InChI=1S/C15H18ClNO3/c16-12-6-4-5-11(9-12)10-14(18)17-8-3-1-2-7-13(17)15(19)20/h4-6,9,13H,1-3,7-8,10H2,(H,19,20). The van der Waals surface area contributed by atoms with Gasteiger partial charge >= 0.3 is 5.97 Å². The van der Waals surface area contributed by atoms with Crippen LogP contribution in [0.5, 0.6) is 0 Å². The fourth-order valence-corrected chi connectivity index (χ4v) is 2.80. The van der Waals surface area contributed by atoms with Gasteiger partial charge in [0.25, 0.3) is 0 Å². The van der Waals surface area contributed by atoms with Gasteiger partial charge in [-0.1, -0.05) is 36.6 Å². The lowest BCUT2D eigenvalue weighted by Crippen LogP contribution is -2.45. The molecule has 4 nitrogen and oxygen atoms in total. The van der Waals surface area contributed by atoms with Crippen molar-refractivity contribution in [3.8, 4) is 0 Å². The molecule has 1 N–H and O–H groups in total. The Morgan fingerprint density at radius 2 is 2.10 bits per heavy atom. The summed E-state index contributed by atoms with van der Waals surface area (Å²) in [6.07, 6.45) is 3.44. The Labute approximate surface area is 123 Å². The molecule has 1 heterocycles. The summed E-state index contributed by atoms with van der Waals surface area (Å²) in [7, 11) is 0. The summed E-state index contributed by atoms with van der Waals surface area (Å²) >= 11 is 5.90. The normalized spacial score (nSPS) is 19.4. The molecule has 0 aliphatic carbocycles. The molecule has 1 unspecified atom stereocenters. The Kier molecular flexibility index (Phi) is 5.01. The molecule has 1 fully saturated rings. The molecule has 0 saturated carbocycles. The molecule has 2 rings (SSSR count). The zero-order valence-electron chi connectivity index (χ0n) is 11.2. The van der Waals surface area contributed by atoms with Crippen molar-refractivity contribution in [3.63, 3.8) is 0 Å². The molecule has 1 aromatic carbocycles. The molecule has 0 aromatic heterocycles. The van der Waals surface area contributed by atoms with Crippen LogP contribution in [0.15, 0.2) is 24.3 Å². The number of halogens is 1. The monoisotopic (exact) mass is 295 g/mol. The summed E-state index contributed by atoms with van der Waals surface area (Å²) in [5.41, 5.74) is 0.816. The van der Waals surface area contributed by atoms with Gasteiger partial charge in [-0.2, -0.15) is 0 Å². The van der Waals surface area contributed by atoms with Crippen LogP contribution >= 0.6 is 11.6 Å². The second-order valence-corrected chi connectivity index (χ2v) is 5.53. The predicted molar refractivity (Wildman–Crippen MR) is 76.8 cm³/mol. The van der Waals surface area contributed by atoms with Crippen LogP contribution in [0.2, 0.25) is 5.02 Å². The van der Waals surface area contributed by atoms with Crippen LogP contribution in [0, 0.1) is 0 Å². The third-order valence-corrected chi connectivity index (χ3v) is 3.84. The van der Waals surface area contributed by atoms with Gasteiger partial charge in [0.15, 0.2) is 0 Å². The molecule has 20 heavy (non-hydrogen) atoms. The fraction of sp³-hybridized carbons (Fsp3) is 0.467. The molecular formula is C15H18ClNO3. The van der Waals surface area contributed by atoms with E-state index in [1.165, 1.54) is 4.90 Å². The van der Waals surface area contributed by atoms with Crippen molar-refractivity contribution in [2.24, 2.45) is 0 Å². The molecule has 1 amide bonds. The zero-order valence-corrected chi connectivity index (χ0v) is 12.0. The number of nitrogens with zero attached hydrogens (tertiary/aromatic N) is 1. The van der Waals surface area contributed by atoms with E-state index in [0.29, 0.717) is 18.0 Å². The Hall–Kier alpha value is -1.55. The Morgan fingerprint density at radius 3 is 2.80 bits per heavy atom. The first-order chi connectivity index (χ1) is 9.58. The van der Waals surface area contributed by atoms with Gasteiger partial charge in [-0.15, -0.1) is 0 Å². The van der Waals surface area contributed by atoms with Gasteiger partial charge in [0.1, 0.15) is 6.04 Å². The minimum Gasteiger partial charge on any atom is -0.480 e. The van der Waals surface area contributed by atoms with E-state index in [4.69, 9.17) is 11.6 Å². The molecule has 1 aromatic rings. The maximum Gasteiger partial charge on any atom is 0.326 e. The molecule has 1 saturated heterocycles. The number of aliphatic carboxylic acids is 1. The highest BCUT2D eigenvalue weighted by Crippen LogP contribution is 2.19. The fourth-order valence-electron chi connectivity index (χ4n) is 2.59. The van der Waals surface area contributed by atoms with E-state index in [-0.39, 0.29) is 12.3 Å². The Morgan fingerprint density at radius 1 is 1.30 bits per heavy atom. The van der Waals surface area contributed by atoms with Crippen molar-refractivity contribution in [3.05, 3.63) is 34.9 Å². The highest BCUT2D eigenvalue weighted by atomic mass is 35.5. The van der Waals surface area contributed by atoms with Gasteiger partial charge in [-0.3, -0.25) is 4.79 Å².